The Balaban J connectivity index is 1.67. The van der Waals surface area contributed by atoms with Crippen molar-refractivity contribution < 1.29 is 22.4 Å². The zero-order chi connectivity index (χ0) is 17.9. The maximum absolute atomic E-state index is 12.2. The molecule has 0 spiro atoms. The molecule has 1 unspecified atom stereocenters. The molecule has 1 N–H and O–H groups in total. The zero-order valence-electron chi connectivity index (χ0n) is 13.6. The van der Waals surface area contributed by atoms with Gasteiger partial charge in [-0.2, -0.15) is 5.26 Å². The molecule has 1 atom stereocenters. The summed E-state index contributed by atoms with van der Waals surface area (Å²) in [5, 5.41) is 11.8. The van der Waals surface area contributed by atoms with Crippen molar-refractivity contribution in [2.24, 2.45) is 0 Å². The lowest BCUT2D eigenvalue weighted by molar-refractivity contribution is -0.117. The quantitative estimate of drug-likeness (QED) is 0.604. The summed E-state index contributed by atoms with van der Waals surface area (Å²) >= 11 is 0. The first-order chi connectivity index (χ1) is 12.0. The number of rotatable bonds is 4. The minimum atomic E-state index is -3.09. The van der Waals surface area contributed by atoms with Gasteiger partial charge in [0.25, 0.3) is 5.91 Å². The van der Waals surface area contributed by atoms with E-state index in [2.05, 4.69) is 5.32 Å². The molecule has 8 nitrogen and oxygen atoms in total. The van der Waals surface area contributed by atoms with Gasteiger partial charge in [0.05, 0.1) is 24.7 Å². The molecule has 1 aromatic heterocycles. The van der Waals surface area contributed by atoms with Crippen molar-refractivity contribution in [1.29, 1.82) is 5.26 Å². The fourth-order valence-corrected chi connectivity index (χ4v) is 4.51. The fourth-order valence-electron chi connectivity index (χ4n) is 2.84. The van der Waals surface area contributed by atoms with Crippen LogP contribution in [0.15, 0.2) is 22.1 Å². The number of carbonyl (C=O) groups is 1. The molecule has 0 saturated carbocycles. The zero-order valence-corrected chi connectivity index (χ0v) is 14.4. The monoisotopic (exact) mass is 365 g/mol. The van der Waals surface area contributed by atoms with Gasteiger partial charge in [0.1, 0.15) is 17.4 Å². The first kappa shape index (κ1) is 17.5. The van der Waals surface area contributed by atoms with E-state index in [0.717, 1.165) is 13.1 Å². The number of morpholine rings is 1. The van der Waals surface area contributed by atoms with Crippen LogP contribution >= 0.6 is 0 Å². The van der Waals surface area contributed by atoms with Gasteiger partial charge in [-0.25, -0.2) is 8.42 Å². The van der Waals surface area contributed by atoms with Crippen LogP contribution < -0.4 is 10.2 Å². The molecule has 0 radical (unpaired) electrons. The molecule has 0 bridgehead atoms. The highest BCUT2D eigenvalue weighted by Gasteiger charge is 2.29. The van der Waals surface area contributed by atoms with Crippen LogP contribution in [0.1, 0.15) is 12.2 Å². The van der Waals surface area contributed by atoms with Crippen molar-refractivity contribution in [1.82, 2.24) is 5.32 Å². The molecule has 25 heavy (non-hydrogen) atoms. The SMILES string of the molecule is N#C/C(=C/c1ccc(N2CCOCC2)o1)C(=O)NC1CCS(=O)(=O)C1. The van der Waals surface area contributed by atoms with E-state index in [1.165, 1.54) is 6.08 Å². The maximum Gasteiger partial charge on any atom is 0.262 e. The number of hydrogen-bond donors (Lipinski definition) is 1. The predicted octanol–water partition coefficient (Wildman–Crippen LogP) is 0.326. The van der Waals surface area contributed by atoms with Crippen LogP contribution in [0.3, 0.4) is 0 Å². The lowest BCUT2D eigenvalue weighted by Gasteiger charge is -2.26. The van der Waals surface area contributed by atoms with Gasteiger partial charge in [-0.3, -0.25) is 4.79 Å². The molecule has 2 aliphatic rings. The summed E-state index contributed by atoms with van der Waals surface area (Å²) in [6.07, 6.45) is 1.73. The normalized spacial score (nSPS) is 23.2. The van der Waals surface area contributed by atoms with Crippen molar-refractivity contribution >= 4 is 27.7 Å². The Morgan fingerprint density at radius 1 is 1.36 bits per heavy atom. The van der Waals surface area contributed by atoms with E-state index in [-0.39, 0.29) is 17.1 Å². The van der Waals surface area contributed by atoms with Gasteiger partial charge in [0, 0.05) is 31.3 Å². The summed E-state index contributed by atoms with van der Waals surface area (Å²) in [6, 6.07) is 4.87. The molecular weight excluding hydrogens is 346 g/mol. The van der Waals surface area contributed by atoms with Gasteiger partial charge in [-0.1, -0.05) is 0 Å². The molecule has 1 aromatic rings. The second-order valence-electron chi connectivity index (χ2n) is 6.02. The molecule has 9 heteroatoms. The van der Waals surface area contributed by atoms with Gasteiger partial charge in [0.15, 0.2) is 15.7 Å². The van der Waals surface area contributed by atoms with Crippen LogP contribution in [0.4, 0.5) is 5.88 Å². The van der Waals surface area contributed by atoms with Gasteiger partial charge in [0.2, 0.25) is 0 Å². The second-order valence-corrected chi connectivity index (χ2v) is 8.25. The molecule has 2 saturated heterocycles. The molecule has 1 amide bonds. The smallest absolute Gasteiger partial charge is 0.262 e. The maximum atomic E-state index is 12.2. The highest BCUT2D eigenvalue weighted by atomic mass is 32.2. The van der Waals surface area contributed by atoms with Crippen LogP contribution in [0.25, 0.3) is 6.08 Å². The van der Waals surface area contributed by atoms with Crippen molar-refractivity contribution in [3.8, 4) is 6.07 Å². The van der Waals surface area contributed by atoms with Crippen molar-refractivity contribution in [2.45, 2.75) is 12.5 Å². The lowest BCUT2D eigenvalue weighted by atomic mass is 10.2. The Morgan fingerprint density at radius 2 is 2.12 bits per heavy atom. The van der Waals surface area contributed by atoms with Crippen LogP contribution in [-0.4, -0.2) is 58.2 Å². The van der Waals surface area contributed by atoms with Gasteiger partial charge in [-0.05, 0) is 12.5 Å². The number of nitrogens with zero attached hydrogens (tertiary/aromatic N) is 2. The van der Waals surface area contributed by atoms with E-state index in [1.807, 2.05) is 11.0 Å². The van der Waals surface area contributed by atoms with Crippen LogP contribution in [0, 0.1) is 11.3 Å². The number of anilines is 1. The lowest BCUT2D eigenvalue weighted by Crippen LogP contribution is -2.36. The number of carbonyl (C=O) groups excluding carboxylic acids is 1. The number of hydrogen-bond acceptors (Lipinski definition) is 7. The van der Waals surface area contributed by atoms with Crippen molar-refractivity contribution in [2.75, 3.05) is 42.7 Å². The molecule has 2 aliphatic heterocycles. The van der Waals surface area contributed by atoms with E-state index < -0.39 is 21.8 Å². The molecule has 134 valence electrons. The molecule has 3 heterocycles. The van der Waals surface area contributed by atoms with Crippen LogP contribution in [-0.2, 0) is 19.4 Å². The summed E-state index contributed by atoms with van der Waals surface area (Å²) in [5.41, 5.74) is -0.118. The van der Waals surface area contributed by atoms with Gasteiger partial charge < -0.3 is 19.4 Å². The Bertz CT molecular complexity index is 815. The summed E-state index contributed by atoms with van der Waals surface area (Å²) in [7, 11) is -3.09. The minimum absolute atomic E-state index is 0.0602. The van der Waals surface area contributed by atoms with Crippen molar-refractivity contribution in [3.63, 3.8) is 0 Å². The largest absolute Gasteiger partial charge is 0.441 e. The second kappa shape index (κ2) is 7.29. The molecule has 0 aromatic carbocycles. The highest BCUT2D eigenvalue weighted by Crippen LogP contribution is 2.21. The van der Waals surface area contributed by atoms with E-state index in [9.17, 15) is 18.5 Å². The first-order valence-corrected chi connectivity index (χ1v) is 9.84. The summed E-state index contributed by atoms with van der Waals surface area (Å²) in [4.78, 5) is 14.2. The average molecular weight is 365 g/mol. The standard InChI is InChI=1S/C16H19N3O5S/c17-10-12(16(20)18-13-3-8-25(21,22)11-13)9-14-1-2-15(24-14)19-4-6-23-7-5-19/h1-2,9,13H,3-8,11H2,(H,18,20)/b12-9-. The molecule has 0 aliphatic carbocycles. The average Bonchev–Trinajstić information content (AvgIpc) is 3.19. The van der Waals surface area contributed by atoms with Gasteiger partial charge in [-0.15, -0.1) is 0 Å². The number of amides is 1. The number of nitriles is 1. The van der Waals surface area contributed by atoms with Crippen LogP contribution in [0.5, 0.6) is 0 Å². The molecular formula is C16H19N3O5S. The topological polar surface area (TPSA) is 113 Å². The Morgan fingerprint density at radius 3 is 2.76 bits per heavy atom. The van der Waals surface area contributed by atoms with E-state index >= 15 is 0 Å². The number of ether oxygens (including phenoxy) is 1. The third kappa shape index (κ3) is 4.41. The van der Waals surface area contributed by atoms with Crippen LogP contribution in [0.2, 0.25) is 0 Å². The number of nitrogens with one attached hydrogen (secondary N) is 1. The number of furan rings is 1. The third-order valence-corrected chi connectivity index (χ3v) is 5.92. The fraction of sp³-hybridized carbons (Fsp3) is 0.500. The van der Waals surface area contributed by atoms with Crippen molar-refractivity contribution in [3.05, 3.63) is 23.5 Å². The molecule has 3 rings (SSSR count). The summed E-state index contributed by atoms with van der Waals surface area (Å²) in [6.45, 7) is 2.70. The van der Waals surface area contributed by atoms with Gasteiger partial charge >= 0.3 is 0 Å². The first-order valence-electron chi connectivity index (χ1n) is 8.02. The van der Waals surface area contributed by atoms with E-state index in [1.54, 1.807) is 12.1 Å². The highest BCUT2D eigenvalue weighted by molar-refractivity contribution is 7.91. The Kier molecular flexibility index (Phi) is 5.11. The molecule has 2 fully saturated rings. The van der Waals surface area contributed by atoms with E-state index in [0.29, 0.717) is 31.3 Å². The third-order valence-electron chi connectivity index (χ3n) is 4.15. The minimum Gasteiger partial charge on any atom is -0.441 e. The predicted molar refractivity (Wildman–Crippen MR) is 90.5 cm³/mol. The number of sulfone groups is 1. The summed E-state index contributed by atoms with van der Waals surface area (Å²) < 4.78 is 33.9. The van der Waals surface area contributed by atoms with E-state index in [4.69, 9.17) is 9.15 Å². The Hall–Kier alpha value is -2.31. The Labute approximate surface area is 146 Å². The summed E-state index contributed by atoms with van der Waals surface area (Å²) in [5.74, 6) is 0.444.